The zero-order valence-corrected chi connectivity index (χ0v) is 14.1. The van der Waals surface area contributed by atoms with Gasteiger partial charge in [-0.1, -0.05) is 66.7 Å². The van der Waals surface area contributed by atoms with Crippen LogP contribution in [0.15, 0.2) is 77.8 Å². The van der Waals surface area contributed by atoms with E-state index in [-0.39, 0.29) is 0 Å². The highest BCUT2D eigenvalue weighted by Crippen LogP contribution is 2.45. The van der Waals surface area contributed by atoms with Gasteiger partial charge in [0.1, 0.15) is 6.61 Å². The number of fused-ring (bicyclic) bond motifs is 7. The average Bonchev–Trinajstić information content (AvgIpc) is 3.05. The molecule has 0 bridgehead atoms. The van der Waals surface area contributed by atoms with Crippen LogP contribution in [-0.4, -0.2) is 12.3 Å². The molecule has 3 heteroatoms. The Morgan fingerprint density at radius 3 is 2.23 bits per heavy atom. The number of nitrogens with zero attached hydrogens (tertiary/aromatic N) is 1. The number of nitrogens with one attached hydrogen (secondary N) is 1. The Morgan fingerprint density at radius 1 is 0.769 bits per heavy atom. The van der Waals surface area contributed by atoms with Crippen molar-refractivity contribution in [1.82, 2.24) is 0 Å². The van der Waals surface area contributed by atoms with Gasteiger partial charge in [-0.2, -0.15) is 0 Å². The molecule has 0 fully saturated rings. The third kappa shape index (κ3) is 1.80. The SMILES string of the molecule is C1=c2ccccc2=NC12COc1c(c3ccccc3c3ccccc13)N2. The third-order valence-electron chi connectivity index (χ3n) is 5.31. The van der Waals surface area contributed by atoms with E-state index in [1.807, 2.05) is 12.1 Å². The highest BCUT2D eigenvalue weighted by molar-refractivity contribution is 6.17. The third-order valence-corrected chi connectivity index (χ3v) is 5.31. The lowest BCUT2D eigenvalue weighted by Crippen LogP contribution is -2.42. The van der Waals surface area contributed by atoms with Crippen molar-refractivity contribution in [3.63, 3.8) is 0 Å². The van der Waals surface area contributed by atoms with Gasteiger partial charge in [0.25, 0.3) is 0 Å². The van der Waals surface area contributed by atoms with Crippen LogP contribution in [0.4, 0.5) is 5.69 Å². The van der Waals surface area contributed by atoms with Crippen LogP contribution in [0.1, 0.15) is 0 Å². The maximum absolute atomic E-state index is 6.33. The highest BCUT2D eigenvalue weighted by atomic mass is 16.5. The first kappa shape index (κ1) is 13.9. The molecule has 0 aromatic heterocycles. The van der Waals surface area contributed by atoms with Crippen molar-refractivity contribution in [2.75, 3.05) is 11.9 Å². The first-order valence-electron chi connectivity index (χ1n) is 8.85. The Bertz CT molecular complexity index is 1290. The van der Waals surface area contributed by atoms with E-state index >= 15 is 0 Å². The standard InChI is InChI=1S/C23H16N2O/c1-6-12-20-15(7-1)13-23(24-20)14-26-22-19-11-5-3-9-17(19)16-8-2-4-10-18(16)21(22)25-23/h1-13,25H,14H2. The summed E-state index contributed by atoms with van der Waals surface area (Å²) in [4.78, 5) is 4.94. The van der Waals surface area contributed by atoms with Crippen LogP contribution in [0.5, 0.6) is 5.75 Å². The fourth-order valence-corrected chi connectivity index (χ4v) is 4.17. The quantitative estimate of drug-likeness (QED) is 0.498. The molecule has 0 amide bonds. The van der Waals surface area contributed by atoms with Gasteiger partial charge in [-0.25, -0.2) is 4.99 Å². The summed E-state index contributed by atoms with van der Waals surface area (Å²) in [5, 5.41) is 10.6. The molecular weight excluding hydrogens is 320 g/mol. The van der Waals surface area contributed by atoms with Crippen molar-refractivity contribution in [2.24, 2.45) is 4.99 Å². The maximum atomic E-state index is 6.33. The molecule has 1 atom stereocenters. The lowest BCUT2D eigenvalue weighted by Gasteiger charge is -2.34. The van der Waals surface area contributed by atoms with Crippen LogP contribution in [-0.2, 0) is 0 Å². The number of benzene rings is 4. The monoisotopic (exact) mass is 336 g/mol. The number of hydrogen-bond acceptors (Lipinski definition) is 3. The number of rotatable bonds is 0. The van der Waals surface area contributed by atoms with Gasteiger partial charge in [-0.3, -0.25) is 0 Å². The molecule has 1 N–H and O–H groups in total. The minimum absolute atomic E-state index is 0.483. The molecule has 4 aromatic rings. The van der Waals surface area contributed by atoms with Gasteiger partial charge in [0.2, 0.25) is 0 Å². The van der Waals surface area contributed by atoms with Crippen molar-refractivity contribution >= 4 is 33.3 Å². The number of ether oxygens (including phenoxy) is 1. The van der Waals surface area contributed by atoms with Gasteiger partial charge in [0.15, 0.2) is 11.4 Å². The zero-order valence-electron chi connectivity index (χ0n) is 14.1. The summed E-state index contributed by atoms with van der Waals surface area (Å²) in [6.07, 6.45) is 2.18. The van der Waals surface area contributed by atoms with E-state index in [4.69, 9.17) is 9.73 Å². The molecule has 3 nitrogen and oxygen atoms in total. The first-order valence-corrected chi connectivity index (χ1v) is 8.85. The normalized spacial score (nSPS) is 20.0. The van der Waals surface area contributed by atoms with Crippen molar-refractivity contribution in [2.45, 2.75) is 5.66 Å². The van der Waals surface area contributed by atoms with E-state index in [0.717, 1.165) is 27.4 Å². The van der Waals surface area contributed by atoms with E-state index < -0.39 is 5.66 Å². The molecule has 0 saturated heterocycles. The predicted molar refractivity (Wildman–Crippen MR) is 105 cm³/mol. The van der Waals surface area contributed by atoms with Gasteiger partial charge in [-0.15, -0.1) is 0 Å². The zero-order chi connectivity index (χ0) is 17.1. The van der Waals surface area contributed by atoms with E-state index in [0.29, 0.717) is 6.61 Å². The van der Waals surface area contributed by atoms with Crippen molar-refractivity contribution in [1.29, 1.82) is 0 Å². The number of anilines is 1. The summed E-state index contributed by atoms with van der Waals surface area (Å²) >= 11 is 0. The molecule has 2 aliphatic rings. The van der Waals surface area contributed by atoms with Crippen LogP contribution in [0.3, 0.4) is 0 Å². The Balaban J connectivity index is 1.66. The van der Waals surface area contributed by atoms with Gasteiger partial charge in [-0.05, 0) is 22.9 Å². The molecule has 0 radical (unpaired) electrons. The van der Waals surface area contributed by atoms with Gasteiger partial charge in [0.05, 0.1) is 11.0 Å². The van der Waals surface area contributed by atoms with E-state index in [1.165, 1.54) is 16.2 Å². The van der Waals surface area contributed by atoms with Crippen LogP contribution in [0, 0.1) is 0 Å². The van der Waals surface area contributed by atoms with Crippen LogP contribution in [0.25, 0.3) is 27.6 Å². The maximum Gasteiger partial charge on any atom is 0.184 e. The minimum atomic E-state index is -0.540. The number of para-hydroxylation sites is 1. The fraction of sp³-hybridized carbons (Fsp3) is 0.0870. The van der Waals surface area contributed by atoms with E-state index in [2.05, 4.69) is 72.1 Å². The molecule has 0 saturated carbocycles. The van der Waals surface area contributed by atoms with Crippen LogP contribution in [0.2, 0.25) is 0 Å². The Labute approximate surface area is 150 Å². The van der Waals surface area contributed by atoms with Gasteiger partial charge < -0.3 is 10.1 Å². The minimum Gasteiger partial charge on any atom is -0.486 e. The predicted octanol–water partition coefficient (Wildman–Crippen LogP) is 3.61. The molecular formula is C23H16N2O. The van der Waals surface area contributed by atoms with Crippen LogP contribution < -0.4 is 20.6 Å². The lowest BCUT2D eigenvalue weighted by atomic mass is 9.97. The Hall–Kier alpha value is -3.33. The van der Waals surface area contributed by atoms with E-state index in [9.17, 15) is 0 Å². The molecule has 2 heterocycles. The van der Waals surface area contributed by atoms with Crippen molar-refractivity contribution in [3.05, 3.63) is 83.4 Å². The highest BCUT2D eigenvalue weighted by Gasteiger charge is 2.36. The smallest absolute Gasteiger partial charge is 0.184 e. The van der Waals surface area contributed by atoms with Crippen LogP contribution >= 0.6 is 0 Å². The average molecular weight is 336 g/mol. The molecule has 0 aliphatic carbocycles. The molecule has 124 valence electrons. The summed E-state index contributed by atoms with van der Waals surface area (Å²) < 4.78 is 6.33. The van der Waals surface area contributed by atoms with Crippen molar-refractivity contribution < 1.29 is 4.74 Å². The summed E-state index contributed by atoms with van der Waals surface area (Å²) in [5.41, 5.74) is 0.486. The second kappa shape index (κ2) is 4.85. The molecule has 2 aliphatic heterocycles. The van der Waals surface area contributed by atoms with E-state index in [1.54, 1.807) is 0 Å². The molecule has 4 aromatic carbocycles. The summed E-state index contributed by atoms with van der Waals surface area (Å²) in [6.45, 7) is 0.483. The second-order valence-corrected chi connectivity index (χ2v) is 6.95. The fourth-order valence-electron chi connectivity index (χ4n) is 4.17. The molecule has 26 heavy (non-hydrogen) atoms. The largest absolute Gasteiger partial charge is 0.486 e. The Morgan fingerprint density at radius 2 is 1.42 bits per heavy atom. The topological polar surface area (TPSA) is 33.6 Å². The van der Waals surface area contributed by atoms with Gasteiger partial charge >= 0.3 is 0 Å². The second-order valence-electron chi connectivity index (χ2n) is 6.95. The summed E-state index contributed by atoms with van der Waals surface area (Å²) in [7, 11) is 0. The molecule has 1 unspecified atom stereocenters. The molecule has 6 rings (SSSR count). The van der Waals surface area contributed by atoms with Crippen molar-refractivity contribution in [3.8, 4) is 5.75 Å². The summed E-state index contributed by atoms with van der Waals surface area (Å²) in [5.74, 6) is 0.921. The Kier molecular flexibility index (Phi) is 2.60. The first-order chi connectivity index (χ1) is 12.8. The van der Waals surface area contributed by atoms with Gasteiger partial charge in [0, 0.05) is 16.0 Å². The summed E-state index contributed by atoms with van der Waals surface area (Å²) in [6, 6.07) is 25.1. The molecule has 1 spiro atoms. The lowest BCUT2D eigenvalue weighted by molar-refractivity contribution is 0.264. The number of hydrogen-bond donors (Lipinski definition) is 1.